The first-order chi connectivity index (χ1) is 13.4. The Hall–Kier alpha value is -3.28. The average molecular weight is 382 g/mol. The van der Waals surface area contributed by atoms with Gasteiger partial charge in [-0.1, -0.05) is 23.8 Å². The molecular formula is C22H26N2O4. The maximum atomic E-state index is 12.8. The number of hydrogen-bond acceptors (Lipinski definition) is 4. The zero-order valence-corrected chi connectivity index (χ0v) is 16.7. The minimum absolute atomic E-state index is 0.0716. The van der Waals surface area contributed by atoms with Crippen LogP contribution < -0.4 is 14.8 Å². The van der Waals surface area contributed by atoms with Gasteiger partial charge >= 0.3 is 0 Å². The van der Waals surface area contributed by atoms with Crippen LogP contribution in [-0.4, -0.2) is 44.5 Å². The molecule has 0 unspecified atom stereocenters. The highest BCUT2D eigenvalue weighted by Gasteiger charge is 2.19. The van der Waals surface area contributed by atoms with Gasteiger partial charge in [-0.05, 0) is 37.6 Å². The fourth-order valence-electron chi connectivity index (χ4n) is 2.82. The van der Waals surface area contributed by atoms with E-state index in [9.17, 15) is 9.59 Å². The largest absolute Gasteiger partial charge is 0.493 e. The van der Waals surface area contributed by atoms with Crippen LogP contribution in [-0.2, 0) is 11.2 Å². The third-order valence-electron chi connectivity index (χ3n) is 4.23. The second-order valence-electron chi connectivity index (χ2n) is 6.44. The molecule has 0 aliphatic heterocycles. The number of amides is 2. The molecule has 0 bridgehead atoms. The van der Waals surface area contributed by atoms with Gasteiger partial charge in [0.25, 0.3) is 5.91 Å². The van der Waals surface area contributed by atoms with Gasteiger partial charge in [-0.15, -0.1) is 6.58 Å². The van der Waals surface area contributed by atoms with E-state index in [1.165, 1.54) is 12.0 Å². The van der Waals surface area contributed by atoms with Crippen LogP contribution in [0.25, 0.3) is 0 Å². The predicted octanol–water partition coefficient (Wildman–Crippen LogP) is 3.45. The van der Waals surface area contributed by atoms with Crippen LogP contribution in [0.15, 0.2) is 49.1 Å². The lowest BCUT2D eigenvalue weighted by Crippen LogP contribution is -2.35. The molecule has 0 saturated carbocycles. The van der Waals surface area contributed by atoms with Crippen molar-refractivity contribution in [2.24, 2.45) is 0 Å². The monoisotopic (exact) mass is 382 g/mol. The van der Waals surface area contributed by atoms with Crippen molar-refractivity contribution in [3.05, 3.63) is 65.7 Å². The molecular weight excluding hydrogens is 356 g/mol. The van der Waals surface area contributed by atoms with Crippen LogP contribution in [0.1, 0.15) is 21.5 Å². The highest BCUT2D eigenvalue weighted by molar-refractivity contribution is 5.99. The van der Waals surface area contributed by atoms with Gasteiger partial charge in [0.15, 0.2) is 11.5 Å². The van der Waals surface area contributed by atoms with E-state index in [0.29, 0.717) is 29.2 Å². The van der Waals surface area contributed by atoms with Gasteiger partial charge < -0.3 is 19.7 Å². The molecule has 1 N–H and O–H groups in total. The van der Waals surface area contributed by atoms with Crippen LogP contribution in [0, 0.1) is 6.92 Å². The highest BCUT2D eigenvalue weighted by Crippen LogP contribution is 2.33. The summed E-state index contributed by atoms with van der Waals surface area (Å²) in [4.78, 5) is 26.5. The van der Waals surface area contributed by atoms with Crippen molar-refractivity contribution in [1.29, 1.82) is 0 Å². The fraction of sp³-hybridized carbons (Fsp3) is 0.273. The van der Waals surface area contributed by atoms with Crippen LogP contribution in [0.5, 0.6) is 11.5 Å². The van der Waals surface area contributed by atoms with Crippen molar-refractivity contribution >= 4 is 17.5 Å². The standard InChI is InChI=1S/C22H26N2O4/c1-6-7-16-12-17(13-19(27-4)21(16)28-5)22(26)24(3)14-20(25)23-18-10-8-15(2)9-11-18/h6,8-13H,1,7,14H2,2-5H3,(H,23,25). The number of benzene rings is 2. The number of carbonyl (C=O) groups is 2. The molecule has 0 aliphatic rings. The maximum absolute atomic E-state index is 12.8. The van der Waals surface area contributed by atoms with Crippen molar-refractivity contribution in [3.63, 3.8) is 0 Å². The number of likely N-dealkylation sites (N-methyl/N-ethyl adjacent to an activating group) is 1. The molecule has 0 atom stereocenters. The molecule has 0 heterocycles. The van der Waals surface area contributed by atoms with Gasteiger partial charge in [0, 0.05) is 23.9 Å². The lowest BCUT2D eigenvalue weighted by atomic mass is 10.0. The van der Waals surface area contributed by atoms with Crippen LogP contribution in [0.4, 0.5) is 5.69 Å². The zero-order chi connectivity index (χ0) is 20.7. The third-order valence-corrected chi connectivity index (χ3v) is 4.23. The van der Waals surface area contributed by atoms with Crippen molar-refractivity contribution in [2.45, 2.75) is 13.3 Å². The Morgan fingerprint density at radius 1 is 1.14 bits per heavy atom. The first-order valence-corrected chi connectivity index (χ1v) is 8.87. The summed E-state index contributed by atoms with van der Waals surface area (Å²) in [6.07, 6.45) is 2.25. The number of rotatable bonds is 8. The Morgan fingerprint density at radius 2 is 1.82 bits per heavy atom. The average Bonchev–Trinajstić information content (AvgIpc) is 2.68. The number of nitrogens with zero attached hydrogens (tertiary/aromatic N) is 1. The number of aryl methyl sites for hydroxylation is 1. The first kappa shape index (κ1) is 21.0. The number of methoxy groups -OCH3 is 2. The Labute approximate surface area is 165 Å². The topological polar surface area (TPSA) is 67.9 Å². The maximum Gasteiger partial charge on any atom is 0.254 e. The van der Waals surface area contributed by atoms with Gasteiger partial charge in [-0.25, -0.2) is 0 Å². The predicted molar refractivity (Wildman–Crippen MR) is 110 cm³/mol. The van der Waals surface area contributed by atoms with Gasteiger partial charge in [-0.2, -0.15) is 0 Å². The second-order valence-corrected chi connectivity index (χ2v) is 6.44. The molecule has 0 radical (unpaired) electrons. The molecule has 0 spiro atoms. The lowest BCUT2D eigenvalue weighted by Gasteiger charge is -2.19. The van der Waals surface area contributed by atoms with E-state index >= 15 is 0 Å². The molecule has 28 heavy (non-hydrogen) atoms. The molecule has 0 fully saturated rings. The summed E-state index contributed by atoms with van der Waals surface area (Å²) < 4.78 is 10.7. The number of anilines is 1. The van der Waals surface area contributed by atoms with Crippen LogP contribution in [0.3, 0.4) is 0 Å². The number of nitrogens with one attached hydrogen (secondary N) is 1. The highest BCUT2D eigenvalue weighted by atomic mass is 16.5. The van der Waals surface area contributed by atoms with E-state index in [-0.39, 0.29) is 18.4 Å². The summed E-state index contributed by atoms with van der Waals surface area (Å²) >= 11 is 0. The Bertz CT molecular complexity index is 860. The Balaban J connectivity index is 2.15. The number of allylic oxidation sites excluding steroid dienone is 1. The number of hydrogen-bond donors (Lipinski definition) is 1. The van der Waals surface area contributed by atoms with Crippen molar-refractivity contribution in [1.82, 2.24) is 4.90 Å². The molecule has 6 nitrogen and oxygen atoms in total. The van der Waals surface area contributed by atoms with Gasteiger partial charge in [-0.3, -0.25) is 9.59 Å². The third kappa shape index (κ3) is 5.13. The van der Waals surface area contributed by atoms with Crippen molar-refractivity contribution in [3.8, 4) is 11.5 Å². The molecule has 0 aliphatic carbocycles. The van der Waals surface area contributed by atoms with E-state index in [2.05, 4.69) is 11.9 Å². The SMILES string of the molecule is C=CCc1cc(C(=O)N(C)CC(=O)Nc2ccc(C)cc2)cc(OC)c1OC. The summed E-state index contributed by atoms with van der Waals surface area (Å²) in [5.74, 6) is 0.471. The quantitative estimate of drug-likeness (QED) is 0.710. The minimum Gasteiger partial charge on any atom is -0.493 e. The molecule has 2 amide bonds. The summed E-state index contributed by atoms with van der Waals surface area (Å²) in [5, 5.41) is 2.79. The van der Waals surface area contributed by atoms with Gasteiger partial charge in [0.1, 0.15) is 0 Å². The molecule has 0 aromatic heterocycles. The Morgan fingerprint density at radius 3 is 2.39 bits per heavy atom. The van der Waals surface area contributed by atoms with Crippen molar-refractivity contribution < 1.29 is 19.1 Å². The van der Waals surface area contributed by atoms with E-state index in [4.69, 9.17) is 9.47 Å². The van der Waals surface area contributed by atoms with E-state index in [1.807, 2.05) is 31.2 Å². The normalized spacial score (nSPS) is 10.1. The number of carbonyl (C=O) groups excluding carboxylic acids is 2. The smallest absolute Gasteiger partial charge is 0.254 e. The lowest BCUT2D eigenvalue weighted by molar-refractivity contribution is -0.116. The molecule has 6 heteroatoms. The number of ether oxygens (including phenoxy) is 2. The zero-order valence-electron chi connectivity index (χ0n) is 16.7. The van der Waals surface area contributed by atoms with Crippen LogP contribution >= 0.6 is 0 Å². The van der Waals surface area contributed by atoms with Gasteiger partial charge in [0.2, 0.25) is 5.91 Å². The molecule has 0 saturated heterocycles. The summed E-state index contributed by atoms with van der Waals surface area (Å²) in [6.45, 7) is 5.64. The van der Waals surface area contributed by atoms with Gasteiger partial charge in [0.05, 0.1) is 20.8 Å². The Kier molecular flexibility index (Phi) is 7.21. The van der Waals surface area contributed by atoms with Crippen molar-refractivity contribution in [2.75, 3.05) is 33.1 Å². The van der Waals surface area contributed by atoms with E-state index < -0.39 is 0 Å². The van der Waals surface area contributed by atoms with E-state index in [0.717, 1.165) is 11.1 Å². The van der Waals surface area contributed by atoms with E-state index in [1.54, 1.807) is 32.4 Å². The fourth-order valence-corrected chi connectivity index (χ4v) is 2.82. The molecule has 148 valence electrons. The van der Waals surface area contributed by atoms with Crippen LogP contribution in [0.2, 0.25) is 0 Å². The summed E-state index contributed by atoms with van der Waals surface area (Å²) in [7, 11) is 4.65. The second kappa shape index (κ2) is 9.60. The first-order valence-electron chi connectivity index (χ1n) is 8.87. The molecule has 2 aromatic rings. The summed E-state index contributed by atoms with van der Waals surface area (Å²) in [6, 6.07) is 10.8. The minimum atomic E-state index is -0.287. The molecule has 2 aromatic carbocycles. The summed E-state index contributed by atoms with van der Waals surface area (Å²) in [5.41, 5.74) is 3.00. The molecule has 2 rings (SSSR count).